The van der Waals surface area contributed by atoms with Gasteiger partial charge < -0.3 is 4.74 Å². The Morgan fingerprint density at radius 3 is 2.39 bits per heavy atom. The van der Waals surface area contributed by atoms with E-state index >= 15 is 0 Å². The average molecular weight is 350 g/mol. The van der Waals surface area contributed by atoms with Crippen molar-refractivity contribution >= 4 is 21.0 Å². The minimum Gasteiger partial charge on any atom is -0.427 e. The number of rotatable bonds is 2. The third kappa shape index (κ3) is 3.40. The van der Waals surface area contributed by atoms with E-state index in [0.29, 0.717) is 6.07 Å². The standard InChI is InChI=1S/C14H13F3O5S/c1-8(18)21-12-11(23(19,20)22-13(12,2)3)9-5-4-6-10(7-9)14(15,16)17/h4-7H,1-3H3. The van der Waals surface area contributed by atoms with Gasteiger partial charge in [-0.15, -0.1) is 0 Å². The molecule has 1 aromatic rings. The van der Waals surface area contributed by atoms with Gasteiger partial charge in [-0.1, -0.05) is 12.1 Å². The fourth-order valence-electron chi connectivity index (χ4n) is 2.17. The lowest BCUT2D eigenvalue weighted by Crippen LogP contribution is -2.25. The predicted molar refractivity (Wildman–Crippen MR) is 74.2 cm³/mol. The van der Waals surface area contributed by atoms with Gasteiger partial charge in [-0.05, 0) is 31.5 Å². The highest BCUT2D eigenvalue weighted by molar-refractivity contribution is 7.96. The molecule has 9 heteroatoms. The highest BCUT2D eigenvalue weighted by atomic mass is 32.2. The van der Waals surface area contributed by atoms with E-state index in [4.69, 9.17) is 8.92 Å². The van der Waals surface area contributed by atoms with E-state index in [0.717, 1.165) is 19.1 Å². The fourth-order valence-corrected chi connectivity index (χ4v) is 3.80. The number of alkyl halides is 3. The van der Waals surface area contributed by atoms with Gasteiger partial charge >= 0.3 is 22.3 Å². The lowest BCUT2D eigenvalue weighted by atomic mass is 10.0. The number of carbonyl (C=O) groups excluding carboxylic acids is 1. The molecule has 1 aliphatic heterocycles. The van der Waals surface area contributed by atoms with Gasteiger partial charge in [0.25, 0.3) is 0 Å². The summed E-state index contributed by atoms with van der Waals surface area (Å²) in [5.41, 5.74) is -2.79. The van der Waals surface area contributed by atoms with Gasteiger partial charge in [0, 0.05) is 6.92 Å². The molecule has 0 radical (unpaired) electrons. The SMILES string of the molecule is CC(=O)OC1=C(c2cccc(C(F)(F)F)c2)S(=O)(=O)OC1(C)C. The topological polar surface area (TPSA) is 69.7 Å². The Morgan fingerprint density at radius 1 is 1.26 bits per heavy atom. The van der Waals surface area contributed by atoms with Gasteiger partial charge in [0.15, 0.2) is 5.76 Å². The summed E-state index contributed by atoms with van der Waals surface area (Å²) in [6, 6.07) is 3.72. The van der Waals surface area contributed by atoms with Crippen LogP contribution < -0.4 is 0 Å². The first-order valence-electron chi connectivity index (χ1n) is 6.41. The molecule has 0 unspecified atom stereocenters. The second-order valence-corrected chi connectivity index (χ2v) is 6.86. The first-order chi connectivity index (χ1) is 10.3. The van der Waals surface area contributed by atoms with Crippen LogP contribution in [0, 0.1) is 0 Å². The summed E-state index contributed by atoms with van der Waals surface area (Å²) in [4.78, 5) is 10.6. The lowest BCUT2D eigenvalue weighted by molar-refractivity contribution is -0.139. The van der Waals surface area contributed by atoms with Crippen LogP contribution in [0.1, 0.15) is 31.9 Å². The van der Waals surface area contributed by atoms with E-state index in [1.807, 2.05) is 0 Å². The van der Waals surface area contributed by atoms with Crippen molar-refractivity contribution in [2.75, 3.05) is 0 Å². The van der Waals surface area contributed by atoms with Gasteiger partial charge in [-0.3, -0.25) is 8.98 Å². The van der Waals surface area contributed by atoms with Gasteiger partial charge in [-0.2, -0.15) is 21.6 Å². The molecule has 126 valence electrons. The van der Waals surface area contributed by atoms with Crippen LogP contribution in [0.4, 0.5) is 13.2 Å². The minimum absolute atomic E-state index is 0.262. The van der Waals surface area contributed by atoms with Crippen LogP contribution in [0.2, 0.25) is 0 Å². The largest absolute Gasteiger partial charge is 0.427 e. The van der Waals surface area contributed by atoms with Gasteiger partial charge in [-0.25, -0.2) is 0 Å². The maximum atomic E-state index is 12.8. The normalized spacial score (nSPS) is 19.7. The second kappa shape index (κ2) is 5.34. The fraction of sp³-hybridized carbons (Fsp3) is 0.357. The zero-order chi connectivity index (χ0) is 17.6. The Morgan fingerprint density at radius 2 is 1.87 bits per heavy atom. The molecule has 0 atom stereocenters. The molecule has 0 amide bonds. The molecule has 0 saturated heterocycles. The summed E-state index contributed by atoms with van der Waals surface area (Å²) in [5.74, 6) is -1.15. The zero-order valence-corrected chi connectivity index (χ0v) is 13.2. The summed E-state index contributed by atoms with van der Waals surface area (Å²) in [6.45, 7) is 3.73. The Bertz CT molecular complexity index is 791. The van der Waals surface area contributed by atoms with Crippen molar-refractivity contribution in [3.8, 4) is 0 Å². The molecule has 23 heavy (non-hydrogen) atoms. The number of ether oxygens (including phenoxy) is 1. The van der Waals surface area contributed by atoms with Gasteiger partial charge in [0.05, 0.1) is 5.56 Å². The van der Waals surface area contributed by atoms with Crippen molar-refractivity contribution in [3.05, 3.63) is 41.2 Å². The number of esters is 1. The van der Waals surface area contributed by atoms with E-state index in [1.54, 1.807) is 0 Å². The Hall–Kier alpha value is -1.87. The quantitative estimate of drug-likeness (QED) is 0.606. The van der Waals surface area contributed by atoms with Crippen LogP contribution in [-0.4, -0.2) is 20.0 Å². The molecule has 0 aliphatic carbocycles. The molecule has 0 fully saturated rings. The summed E-state index contributed by atoms with van der Waals surface area (Å²) >= 11 is 0. The third-order valence-electron chi connectivity index (χ3n) is 3.02. The van der Waals surface area contributed by atoms with Crippen molar-refractivity contribution in [3.63, 3.8) is 0 Å². The molecule has 0 aromatic heterocycles. The maximum Gasteiger partial charge on any atom is 0.416 e. The Labute approximate surface area is 130 Å². The average Bonchev–Trinajstić information content (AvgIpc) is 2.52. The molecule has 2 rings (SSSR count). The molecule has 0 saturated carbocycles. The van der Waals surface area contributed by atoms with Crippen LogP contribution in [0.3, 0.4) is 0 Å². The van der Waals surface area contributed by atoms with Crippen molar-refractivity contribution < 1.29 is 35.3 Å². The first-order valence-corrected chi connectivity index (χ1v) is 7.82. The van der Waals surface area contributed by atoms with Crippen molar-refractivity contribution in [1.82, 2.24) is 0 Å². The van der Waals surface area contributed by atoms with Crippen LogP contribution in [0.25, 0.3) is 4.91 Å². The molecule has 0 N–H and O–H groups in total. The summed E-state index contributed by atoms with van der Waals surface area (Å²) < 4.78 is 72.6. The molecule has 1 aliphatic rings. The highest BCUT2D eigenvalue weighted by Crippen LogP contribution is 2.44. The molecule has 0 bridgehead atoms. The monoisotopic (exact) mass is 350 g/mol. The lowest BCUT2D eigenvalue weighted by Gasteiger charge is -2.18. The van der Waals surface area contributed by atoms with Crippen LogP contribution in [0.15, 0.2) is 30.0 Å². The van der Waals surface area contributed by atoms with E-state index in [1.165, 1.54) is 19.9 Å². The molecule has 0 spiro atoms. The summed E-state index contributed by atoms with van der Waals surface area (Å²) in [7, 11) is -4.37. The molecule has 5 nitrogen and oxygen atoms in total. The molecular formula is C14H13F3O5S. The predicted octanol–water partition coefficient (Wildman–Crippen LogP) is 3.08. The second-order valence-electron chi connectivity index (χ2n) is 5.38. The summed E-state index contributed by atoms with van der Waals surface area (Å²) in [6.07, 6.45) is -4.64. The van der Waals surface area contributed by atoms with E-state index in [-0.39, 0.29) is 11.3 Å². The molecule has 1 aromatic carbocycles. The Kier molecular flexibility index (Phi) is 4.06. The van der Waals surface area contributed by atoms with Crippen molar-refractivity contribution in [2.24, 2.45) is 0 Å². The van der Waals surface area contributed by atoms with E-state index < -0.39 is 38.3 Å². The van der Waals surface area contributed by atoms with E-state index in [9.17, 15) is 26.4 Å². The van der Waals surface area contributed by atoms with Crippen LogP contribution >= 0.6 is 0 Å². The van der Waals surface area contributed by atoms with Crippen molar-refractivity contribution in [1.29, 1.82) is 0 Å². The molecular weight excluding hydrogens is 337 g/mol. The number of carbonyl (C=O) groups is 1. The Balaban J connectivity index is 2.72. The number of benzene rings is 1. The number of hydrogen-bond acceptors (Lipinski definition) is 5. The first kappa shape index (κ1) is 17.5. The summed E-state index contributed by atoms with van der Waals surface area (Å²) in [5, 5.41) is 0. The molecule has 1 heterocycles. The van der Waals surface area contributed by atoms with Crippen LogP contribution in [-0.2, 0) is 30.0 Å². The minimum atomic E-state index is -4.64. The van der Waals surface area contributed by atoms with Crippen LogP contribution in [0.5, 0.6) is 0 Å². The third-order valence-corrected chi connectivity index (χ3v) is 4.58. The maximum absolute atomic E-state index is 12.8. The number of halogens is 3. The van der Waals surface area contributed by atoms with E-state index in [2.05, 4.69) is 0 Å². The highest BCUT2D eigenvalue weighted by Gasteiger charge is 2.48. The number of hydrogen-bond donors (Lipinski definition) is 0. The van der Waals surface area contributed by atoms with Crippen molar-refractivity contribution in [2.45, 2.75) is 32.5 Å². The smallest absolute Gasteiger partial charge is 0.416 e. The van der Waals surface area contributed by atoms with Gasteiger partial charge in [0.1, 0.15) is 10.5 Å². The van der Waals surface area contributed by atoms with Gasteiger partial charge in [0.2, 0.25) is 0 Å². The zero-order valence-electron chi connectivity index (χ0n) is 12.4.